The third kappa shape index (κ3) is 4.68. The van der Waals surface area contributed by atoms with Crippen molar-refractivity contribution in [2.24, 2.45) is 5.92 Å². The first kappa shape index (κ1) is 15.8. The quantitative estimate of drug-likeness (QED) is 0.796. The molecule has 23 heavy (non-hydrogen) atoms. The molecule has 2 aromatic rings. The molecule has 1 N–H and O–H groups in total. The molecule has 0 unspecified atom stereocenters. The number of nitrogens with zero attached hydrogens (tertiary/aromatic N) is 2. The van der Waals surface area contributed by atoms with Crippen molar-refractivity contribution in [3.8, 4) is 5.69 Å². The summed E-state index contributed by atoms with van der Waals surface area (Å²) in [5.74, 6) is 0.986. The molecule has 1 amide bonds. The molecule has 122 valence electrons. The zero-order valence-corrected chi connectivity index (χ0v) is 13.6. The standard InChI is InChI=1S/C19H25N3O/c23-19(20-12-6-9-16-7-4-5-8-16)13-17-14-21-22(15-17)18-10-2-1-3-11-18/h1-3,10-11,14-16H,4-9,12-13H2,(H,20,23). The molecule has 0 aliphatic heterocycles. The summed E-state index contributed by atoms with van der Waals surface area (Å²) in [5.41, 5.74) is 1.96. The lowest BCUT2D eigenvalue weighted by Crippen LogP contribution is -2.26. The highest BCUT2D eigenvalue weighted by Crippen LogP contribution is 2.28. The van der Waals surface area contributed by atoms with Crippen molar-refractivity contribution in [1.82, 2.24) is 15.1 Å². The summed E-state index contributed by atoms with van der Waals surface area (Å²) in [7, 11) is 0. The molecule has 1 aromatic carbocycles. The summed E-state index contributed by atoms with van der Waals surface area (Å²) in [6, 6.07) is 9.94. The van der Waals surface area contributed by atoms with E-state index < -0.39 is 0 Å². The molecule has 1 aliphatic carbocycles. The van der Waals surface area contributed by atoms with Gasteiger partial charge in [-0.15, -0.1) is 0 Å². The maximum Gasteiger partial charge on any atom is 0.224 e. The van der Waals surface area contributed by atoms with Crippen LogP contribution in [0.1, 0.15) is 44.1 Å². The molecule has 1 aliphatic rings. The number of hydrogen-bond donors (Lipinski definition) is 1. The van der Waals surface area contributed by atoms with Gasteiger partial charge in [-0.1, -0.05) is 43.9 Å². The van der Waals surface area contributed by atoms with Gasteiger partial charge in [0.1, 0.15) is 0 Å². The van der Waals surface area contributed by atoms with Crippen LogP contribution in [-0.4, -0.2) is 22.2 Å². The molecule has 1 saturated carbocycles. The molecule has 1 fully saturated rings. The van der Waals surface area contributed by atoms with Crippen LogP contribution in [0.25, 0.3) is 5.69 Å². The van der Waals surface area contributed by atoms with Crippen LogP contribution in [0.3, 0.4) is 0 Å². The predicted molar refractivity (Wildman–Crippen MR) is 91.5 cm³/mol. The van der Waals surface area contributed by atoms with Gasteiger partial charge in [0.05, 0.1) is 18.3 Å². The van der Waals surface area contributed by atoms with Crippen molar-refractivity contribution in [3.63, 3.8) is 0 Å². The number of carbonyl (C=O) groups is 1. The molecule has 0 saturated heterocycles. The first-order valence-electron chi connectivity index (χ1n) is 8.67. The number of aromatic nitrogens is 2. The molecule has 0 atom stereocenters. The van der Waals surface area contributed by atoms with Crippen LogP contribution in [0.15, 0.2) is 42.7 Å². The number of rotatable bonds is 7. The Morgan fingerprint density at radius 3 is 2.78 bits per heavy atom. The van der Waals surface area contributed by atoms with Gasteiger partial charge in [-0.25, -0.2) is 4.68 Å². The summed E-state index contributed by atoms with van der Waals surface area (Å²) in [6.07, 6.45) is 12.0. The van der Waals surface area contributed by atoms with Crippen molar-refractivity contribution >= 4 is 5.91 Å². The Hall–Kier alpha value is -2.10. The Morgan fingerprint density at radius 2 is 2.00 bits per heavy atom. The molecule has 4 heteroatoms. The Labute approximate surface area is 137 Å². The van der Waals surface area contributed by atoms with Crippen LogP contribution in [0.5, 0.6) is 0 Å². The Morgan fingerprint density at radius 1 is 1.22 bits per heavy atom. The number of para-hydroxylation sites is 1. The van der Waals surface area contributed by atoms with Crippen molar-refractivity contribution in [2.45, 2.75) is 44.9 Å². The van der Waals surface area contributed by atoms with Gasteiger partial charge in [0.25, 0.3) is 0 Å². The SMILES string of the molecule is O=C(Cc1cnn(-c2ccccc2)c1)NCCCC1CCCC1. The fourth-order valence-electron chi connectivity index (χ4n) is 3.34. The zero-order chi connectivity index (χ0) is 15.9. The highest BCUT2D eigenvalue weighted by Gasteiger charge is 2.14. The van der Waals surface area contributed by atoms with Crippen LogP contribution in [0.2, 0.25) is 0 Å². The van der Waals surface area contributed by atoms with Gasteiger partial charge in [0, 0.05) is 12.7 Å². The third-order valence-corrected chi connectivity index (χ3v) is 4.61. The first-order chi connectivity index (χ1) is 11.3. The van der Waals surface area contributed by atoms with Crippen molar-refractivity contribution < 1.29 is 4.79 Å². The minimum atomic E-state index is 0.0871. The van der Waals surface area contributed by atoms with Gasteiger partial charge in [-0.2, -0.15) is 5.10 Å². The second-order valence-electron chi connectivity index (χ2n) is 6.45. The van der Waals surface area contributed by atoms with Gasteiger partial charge < -0.3 is 5.32 Å². The topological polar surface area (TPSA) is 46.9 Å². The molecule has 0 radical (unpaired) electrons. The minimum Gasteiger partial charge on any atom is -0.356 e. The van der Waals surface area contributed by atoms with Crippen LogP contribution in [0, 0.1) is 5.92 Å². The zero-order valence-electron chi connectivity index (χ0n) is 13.6. The van der Waals surface area contributed by atoms with Gasteiger partial charge in [0.15, 0.2) is 0 Å². The van der Waals surface area contributed by atoms with E-state index in [1.807, 2.05) is 41.2 Å². The number of hydrogen-bond acceptors (Lipinski definition) is 2. The third-order valence-electron chi connectivity index (χ3n) is 4.61. The largest absolute Gasteiger partial charge is 0.356 e. The maximum atomic E-state index is 12.0. The average Bonchev–Trinajstić information content (AvgIpc) is 3.24. The second kappa shape index (κ2) is 7.95. The first-order valence-corrected chi connectivity index (χ1v) is 8.67. The fraction of sp³-hybridized carbons (Fsp3) is 0.474. The number of benzene rings is 1. The monoisotopic (exact) mass is 311 g/mol. The van der Waals surface area contributed by atoms with Crippen molar-refractivity contribution in [3.05, 3.63) is 48.3 Å². The highest BCUT2D eigenvalue weighted by atomic mass is 16.1. The van der Waals surface area contributed by atoms with E-state index in [0.717, 1.165) is 30.1 Å². The van der Waals surface area contributed by atoms with Gasteiger partial charge in [0.2, 0.25) is 5.91 Å². The lowest BCUT2D eigenvalue weighted by Gasteiger charge is -2.09. The molecule has 0 bridgehead atoms. The van der Waals surface area contributed by atoms with E-state index >= 15 is 0 Å². The van der Waals surface area contributed by atoms with E-state index in [1.54, 1.807) is 6.20 Å². The number of amides is 1. The predicted octanol–water partition coefficient (Wildman–Crippen LogP) is 3.50. The molecular weight excluding hydrogens is 286 g/mol. The Kier molecular flexibility index (Phi) is 5.46. The summed E-state index contributed by atoms with van der Waals surface area (Å²) >= 11 is 0. The minimum absolute atomic E-state index is 0.0871. The highest BCUT2D eigenvalue weighted by molar-refractivity contribution is 5.78. The molecule has 1 heterocycles. The summed E-state index contributed by atoms with van der Waals surface area (Å²) < 4.78 is 1.81. The maximum absolute atomic E-state index is 12.0. The van der Waals surface area contributed by atoms with E-state index in [2.05, 4.69) is 10.4 Å². The summed E-state index contributed by atoms with van der Waals surface area (Å²) in [5, 5.41) is 7.35. The lowest BCUT2D eigenvalue weighted by atomic mass is 10.0. The van der Waals surface area contributed by atoms with E-state index in [-0.39, 0.29) is 5.91 Å². The second-order valence-corrected chi connectivity index (χ2v) is 6.45. The van der Waals surface area contributed by atoms with Crippen LogP contribution in [0.4, 0.5) is 0 Å². The van der Waals surface area contributed by atoms with Gasteiger partial charge >= 0.3 is 0 Å². The smallest absolute Gasteiger partial charge is 0.224 e. The average molecular weight is 311 g/mol. The van der Waals surface area contributed by atoms with E-state index in [1.165, 1.54) is 32.1 Å². The summed E-state index contributed by atoms with van der Waals surface area (Å²) in [6.45, 7) is 0.794. The molecule has 1 aromatic heterocycles. The van der Waals surface area contributed by atoms with E-state index in [0.29, 0.717) is 6.42 Å². The molecule has 4 nitrogen and oxygen atoms in total. The Bertz CT molecular complexity index is 615. The molecule has 0 spiro atoms. The number of carbonyl (C=O) groups excluding carboxylic acids is 1. The van der Waals surface area contributed by atoms with Crippen LogP contribution >= 0.6 is 0 Å². The Balaban J connectivity index is 1.40. The normalized spacial score (nSPS) is 15.0. The lowest BCUT2D eigenvalue weighted by molar-refractivity contribution is -0.120. The molecule has 3 rings (SSSR count). The van der Waals surface area contributed by atoms with Crippen molar-refractivity contribution in [2.75, 3.05) is 6.54 Å². The van der Waals surface area contributed by atoms with Crippen LogP contribution < -0.4 is 5.32 Å². The van der Waals surface area contributed by atoms with E-state index in [4.69, 9.17) is 0 Å². The van der Waals surface area contributed by atoms with Crippen LogP contribution in [-0.2, 0) is 11.2 Å². The number of nitrogens with one attached hydrogen (secondary N) is 1. The van der Waals surface area contributed by atoms with Gasteiger partial charge in [-0.05, 0) is 36.5 Å². The van der Waals surface area contributed by atoms with Gasteiger partial charge in [-0.3, -0.25) is 4.79 Å². The molecular formula is C19H25N3O. The van der Waals surface area contributed by atoms with E-state index in [9.17, 15) is 4.79 Å². The van der Waals surface area contributed by atoms with Crippen molar-refractivity contribution in [1.29, 1.82) is 0 Å². The summed E-state index contributed by atoms with van der Waals surface area (Å²) in [4.78, 5) is 12.0. The fourth-order valence-corrected chi connectivity index (χ4v) is 3.34.